The van der Waals surface area contributed by atoms with Gasteiger partial charge in [0, 0.05) is 24.0 Å². The standard InChI is InChI=1S/C19H22N4O3/c1-12-6-4-7-13(2)17(12)22-16(24)11-23(3)18(25)14-8-5-9-15(10-14)21-19(20)26/h4-10H,11H2,1-3H3,(H,22,24)(H3,20,21,26). The van der Waals surface area contributed by atoms with Crippen molar-refractivity contribution in [3.8, 4) is 0 Å². The van der Waals surface area contributed by atoms with Crippen LogP contribution in [0.25, 0.3) is 0 Å². The summed E-state index contributed by atoms with van der Waals surface area (Å²) < 4.78 is 0. The Balaban J connectivity index is 2.04. The third kappa shape index (κ3) is 4.83. The molecule has 0 bridgehead atoms. The van der Waals surface area contributed by atoms with Crippen molar-refractivity contribution in [2.45, 2.75) is 13.8 Å². The number of amides is 4. The van der Waals surface area contributed by atoms with Crippen LogP contribution in [0.1, 0.15) is 21.5 Å². The maximum Gasteiger partial charge on any atom is 0.316 e. The third-order valence-electron chi connectivity index (χ3n) is 3.85. The van der Waals surface area contributed by atoms with Gasteiger partial charge in [0.1, 0.15) is 0 Å². The average molecular weight is 354 g/mol. The molecule has 2 aromatic carbocycles. The van der Waals surface area contributed by atoms with Crippen LogP contribution in [-0.4, -0.2) is 36.3 Å². The predicted octanol–water partition coefficient (Wildman–Crippen LogP) is 2.50. The molecule has 2 rings (SSSR count). The minimum absolute atomic E-state index is 0.0971. The number of para-hydroxylation sites is 1. The molecule has 26 heavy (non-hydrogen) atoms. The number of carbonyl (C=O) groups is 3. The first kappa shape index (κ1) is 19.0. The van der Waals surface area contributed by atoms with Crippen LogP contribution in [-0.2, 0) is 4.79 Å². The SMILES string of the molecule is Cc1cccc(C)c1NC(=O)CN(C)C(=O)c1cccc(NC(N)=O)c1. The molecular weight excluding hydrogens is 332 g/mol. The van der Waals surface area contributed by atoms with Crippen molar-refractivity contribution in [1.82, 2.24) is 4.90 Å². The minimum atomic E-state index is -0.712. The number of urea groups is 1. The smallest absolute Gasteiger partial charge is 0.316 e. The molecule has 0 spiro atoms. The number of aryl methyl sites for hydroxylation is 2. The van der Waals surface area contributed by atoms with Crippen LogP contribution in [0, 0.1) is 13.8 Å². The van der Waals surface area contributed by atoms with Crippen molar-refractivity contribution in [3.05, 3.63) is 59.2 Å². The Hall–Kier alpha value is -3.35. The molecule has 0 aliphatic rings. The second-order valence-electron chi connectivity index (χ2n) is 6.05. The normalized spacial score (nSPS) is 10.1. The van der Waals surface area contributed by atoms with E-state index < -0.39 is 6.03 Å². The van der Waals surface area contributed by atoms with Gasteiger partial charge < -0.3 is 21.3 Å². The maximum atomic E-state index is 12.5. The van der Waals surface area contributed by atoms with E-state index in [9.17, 15) is 14.4 Å². The van der Waals surface area contributed by atoms with Gasteiger partial charge >= 0.3 is 6.03 Å². The summed E-state index contributed by atoms with van der Waals surface area (Å²) in [6.07, 6.45) is 0. The quantitative estimate of drug-likeness (QED) is 0.768. The van der Waals surface area contributed by atoms with E-state index in [1.807, 2.05) is 32.0 Å². The zero-order chi connectivity index (χ0) is 19.3. The molecule has 136 valence electrons. The van der Waals surface area contributed by atoms with Crippen LogP contribution >= 0.6 is 0 Å². The Kier molecular flexibility index (Phi) is 5.95. The molecule has 0 aliphatic heterocycles. The van der Waals surface area contributed by atoms with Gasteiger partial charge in [-0.25, -0.2) is 4.79 Å². The molecule has 7 nitrogen and oxygen atoms in total. The second-order valence-corrected chi connectivity index (χ2v) is 6.05. The Labute approximate surface area is 152 Å². The molecule has 0 radical (unpaired) electrons. The number of anilines is 2. The largest absolute Gasteiger partial charge is 0.351 e. The highest BCUT2D eigenvalue weighted by Gasteiger charge is 2.16. The number of benzene rings is 2. The fourth-order valence-electron chi connectivity index (χ4n) is 2.57. The summed E-state index contributed by atoms with van der Waals surface area (Å²) in [5.41, 5.74) is 8.50. The second kappa shape index (κ2) is 8.15. The number of nitrogens with one attached hydrogen (secondary N) is 2. The lowest BCUT2D eigenvalue weighted by atomic mass is 10.1. The van der Waals surface area contributed by atoms with Crippen LogP contribution in [0.5, 0.6) is 0 Å². The average Bonchev–Trinajstić information content (AvgIpc) is 2.57. The first-order valence-electron chi connectivity index (χ1n) is 8.06. The molecule has 0 saturated carbocycles. The van der Waals surface area contributed by atoms with Crippen molar-refractivity contribution in [2.75, 3.05) is 24.2 Å². The molecule has 0 unspecified atom stereocenters. The van der Waals surface area contributed by atoms with Gasteiger partial charge in [-0.05, 0) is 43.2 Å². The van der Waals surface area contributed by atoms with Crippen LogP contribution in [0.2, 0.25) is 0 Å². The summed E-state index contributed by atoms with van der Waals surface area (Å²) in [4.78, 5) is 37.0. The van der Waals surface area contributed by atoms with E-state index in [2.05, 4.69) is 10.6 Å². The van der Waals surface area contributed by atoms with Crippen molar-refractivity contribution in [2.24, 2.45) is 5.73 Å². The Morgan fingerprint density at radius 3 is 2.23 bits per heavy atom. The van der Waals surface area contributed by atoms with Gasteiger partial charge in [-0.3, -0.25) is 9.59 Å². The highest BCUT2D eigenvalue weighted by molar-refractivity contribution is 6.00. The maximum absolute atomic E-state index is 12.5. The zero-order valence-electron chi connectivity index (χ0n) is 15.0. The molecule has 7 heteroatoms. The number of rotatable bonds is 5. The topological polar surface area (TPSA) is 105 Å². The van der Waals surface area contributed by atoms with Crippen molar-refractivity contribution in [3.63, 3.8) is 0 Å². The first-order valence-corrected chi connectivity index (χ1v) is 8.06. The van der Waals surface area contributed by atoms with E-state index >= 15 is 0 Å². The molecule has 4 amide bonds. The minimum Gasteiger partial charge on any atom is -0.351 e. The number of hydrogen-bond acceptors (Lipinski definition) is 3. The van der Waals surface area contributed by atoms with Gasteiger partial charge in [0.05, 0.1) is 6.54 Å². The molecular formula is C19H22N4O3. The van der Waals surface area contributed by atoms with E-state index in [1.54, 1.807) is 25.2 Å². The van der Waals surface area contributed by atoms with E-state index in [0.717, 1.165) is 16.8 Å². The lowest BCUT2D eigenvalue weighted by molar-refractivity contribution is -0.116. The number of nitrogens with zero attached hydrogens (tertiary/aromatic N) is 1. The fraction of sp³-hybridized carbons (Fsp3) is 0.211. The van der Waals surface area contributed by atoms with Crippen molar-refractivity contribution in [1.29, 1.82) is 0 Å². The van der Waals surface area contributed by atoms with Gasteiger partial charge in [0.15, 0.2) is 0 Å². The first-order chi connectivity index (χ1) is 12.3. The highest BCUT2D eigenvalue weighted by Crippen LogP contribution is 2.19. The lowest BCUT2D eigenvalue weighted by Gasteiger charge is -2.18. The highest BCUT2D eigenvalue weighted by atomic mass is 16.2. The molecule has 0 fully saturated rings. The Bertz CT molecular complexity index is 828. The van der Waals surface area contributed by atoms with Gasteiger partial charge in [0.25, 0.3) is 5.91 Å². The van der Waals surface area contributed by atoms with Gasteiger partial charge in [-0.2, -0.15) is 0 Å². The van der Waals surface area contributed by atoms with Gasteiger partial charge in [-0.1, -0.05) is 24.3 Å². The lowest BCUT2D eigenvalue weighted by Crippen LogP contribution is -2.35. The molecule has 0 aromatic heterocycles. The van der Waals surface area contributed by atoms with E-state index in [1.165, 1.54) is 11.0 Å². The molecule has 0 saturated heterocycles. The number of primary amides is 1. The molecule has 2 aromatic rings. The molecule has 0 atom stereocenters. The van der Waals surface area contributed by atoms with Crippen LogP contribution < -0.4 is 16.4 Å². The fourth-order valence-corrected chi connectivity index (χ4v) is 2.57. The number of nitrogens with two attached hydrogens (primary N) is 1. The zero-order valence-corrected chi connectivity index (χ0v) is 15.0. The summed E-state index contributed by atoms with van der Waals surface area (Å²) in [6, 6.07) is 11.4. The predicted molar refractivity (Wildman–Crippen MR) is 101 cm³/mol. The van der Waals surface area contributed by atoms with E-state index in [0.29, 0.717) is 11.3 Å². The van der Waals surface area contributed by atoms with Crippen LogP contribution in [0.3, 0.4) is 0 Å². The summed E-state index contributed by atoms with van der Waals surface area (Å²) >= 11 is 0. The van der Waals surface area contributed by atoms with E-state index in [-0.39, 0.29) is 18.4 Å². The summed E-state index contributed by atoms with van der Waals surface area (Å²) in [7, 11) is 1.54. The number of likely N-dealkylation sites (N-methyl/N-ethyl adjacent to an activating group) is 1. The van der Waals surface area contributed by atoms with E-state index in [4.69, 9.17) is 5.73 Å². The van der Waals surface area contributed by atoms with Gasteiger partial charge in [-0.15, -0.1) is 0 Å². The molecule has 0 aliphatic carbocycles. The monoisotopic (exact) mass is 354 g/mol. The summed E-state index contributed by atoms with van der Waals surface area (Å²) in [5.74, 6) is -0.626. The molecule has 0 heterocycles. The number of hydrogen-bond donors (Lipinski definition) is 3. The van der Waals surface area contributed by atoms with Crippen molar-refractivity contribution >= 4 is 29.2 Å². The van der Waals surface area contributed by atoms with Crippen LogP contribution in [0.4, 0.5) is 16.2 Å². The summed E-state index contributed by atoms with van der Waals surface area (Å²) in [5, 5.41) is 5.26. The Morgan fingerprint density at radius 2 is 1.62 bits per heavy atom. The van der Waals surface area contributed by atoms with Crippen molar-refractivity contribution < 1.29 is 14.4 Å². The molecule has 4 N–H and O–H groups in total. The summed E-state index contributed by atoms with van der Waals surface area (Å²) in [6.45, 7) is 3.73. The third-order valence-corrected chi connectivity index (χ3v) is 3.85. The van der Waals surface area contributed by atoms with Crippen LogP contribution in [0.15, 0.2) is 42.5 Å². The Morgan fingerprint density at radius 1 is 1.00 bits per heavy atom. The number of carbonyl (C=O) groups excluding carboxylic acids is 3. The van der Waals surface area contributed by atoms with Gasteiger partial charge in [0.2, 0.25) is 5.91 Å².